The smallest absolute Gasteiger partial charge is 0.268 e. The number of carbonyl (C=O) groups excluding carboxylic acids is 1. The van der Waals surface area contributed by atoms with Crippen LogP contribution in [0.3, 0.4) is 0 Å². The van der Waals surface area contributed by atoms with Crippen molar-refractivity contribution in [3.05, 3.63) is 46.6 Å². The molecule has 0 fully saturated rings. The molecule has 1 N–H and O–H groups in total. The Kier molecular flexibility index (Phi) is 6.61. The fourth-order valence-electron chi connectivity index (χ4n) is 2.81. The number of amides is 1. The van der Waals surface area contributed by atoms with Gasteiger partial charge in [0.15, 0.2) is 11.5 Å². The van der Waals surface area contributed by atoms with E-state index in [-0.39, 0.29) is 5.91 Å². The van der Waals surface area contributed by atoms with Crippen LogP contribution < -0.4 is 10.9 Å². The van der Waals surface area contributed by atoms with E-state index in [0.717, 1.165) is 4.68 Å². The van der Waals surface area contributed by atoms with Gasteiger partial charge in [0.1, 0.15) is 11.7 Å². The number of aryl methyl sites for hydroxylation is 1. The lowest BCUT2D eigenvalue weighted by molar-refractivity contribution is -0.124. The van der Waals surface area contributed by atoms with E-state index in [1.54, 1.807) is 32.0 Å². The topological polar surface area (TPSA) is 112 Å². The zero-order valence-corrected chi connectivity index (χ0v) is 16.7. The molecular weight excluding hydrogens is 376 g/mol. The van der Waals surface area contributed by atoms with Gasteiger partial charge in [-0.25, -0.2) is 4.68 Å². The number of ether oxygens (including phenoxy) is 1. The van der Waals surface area contributed by atoms with Gasteiger partial charge >= 0.3 is 0 Å². The number of hydrogen-bond acceptors (Lipinski definition) is 7. The molecule has 154 valence electrons. The highest BCUT2D eigenvalue weighted by atomic mass is 16.5. The minimum Gasteiger partial charge on any atom is -0.463 e. The Morgan fingerprint density at radius 2 is 2.17 bits per heavy atom. The second-order valence-electron chi connectivity index (χ2n) is 6.52. The third kappa shape index (κ3) is 4.80. The highest BCUT2D eigenvalue weighted by Gasteiger charge is 2.23. The molecule has 0 unspecified atom stereocenters. The van der Waals surface area contributed by atoms with Crippen LogP contribution in [-0.2, 0) is 9.53 Å². The van der Waals surface area contributed by atoms with Crippen LogP contribution in [0.5, 0.6) is 0 Å². The number of nitrogens with zero attached hydrogens (tertiary/aromatic N) is 3. The molecule has 0 spiro atoms. The summed E-state index contributed by atoms with van der Waals surface area (Å²) in [5.74, 6) is 0.551. The monoisotopic (exact) mass is 400 g/mol. The first-order valence-corrected chi connectivity index (χ1v) is 9.48. The van der Waals surface area contributed by atoms with E-state index in [4.69, 9.17) is 13.7 Å². The molecular formula is C20H24N4O5. The van der Waals surface area contributed by atoms with Crippen molar-refractivity contribution in [1.82, 2.24) is 20.3 Å². The van der Waals surface area contributed by atoms with Gasteiger partial charge in [-0.15, -0.1) is 0 Å². The maximum Gasteiger partial charge on any atom is 0.268 e. The summed E-state index contributed by atoms with van der Waals surface area (Å²) >= 11 is 0. The van der Waals surface area contributed by atoms with E-state index in [1.807, 2.05) is 6.92 Å². The molecule has 0 radical (unpaired) electrons. The highest BCUT2D eigenvalue weighted by molar-refractivity contribution is 5.80. The molecule has 9 nitrogen and oxygen atoms in total. The summed E-state index contributed by atoms with van der Waals surface area (Å²) < 4.78 is 17.2. The second kappa shape index (κ2) is 9.33. The van der Waals surface area contributed by atoms with Crippen LogP contribution in [0.1, 0.15) is 32.0 Å². The van der Waals surface area contributed by atoms with E-state index < -0.39 is 11.6 Å². The van der Waals surface area contributed by atoms with E-state index in [1.165, 1.54) is 12.3 Å². The van der Waals surface area contributed by atoms with E-state index >= 15 is 0 Å². The van der Waals surface area contributed by atoms with Gasteiger partial charge in [0.05, 0.1) is 17.5 Å². The Morgan fingerprint density at radius 1 is 1.34 bits per heavy atom. The number of furan rings is 1. The van der Waals surface area contributed by atoms with Crippen LogP contribution in [0.2, 0.25) is 0 Å². The van der Waals surface area contributed by atoms with Crippen molar-refractivity contribution in [2.24, 2.45) is 0 Å². The fraction of sp³-hybridized carbons (Fsp3) is 0.400. The summed E-state index contributed by atoms with van der Waals surface area (Å²) in [6.45, 7) is 6.98. The molecule has 1 amide bonds. The maximum atomic E-state index is 12.7. The van der Waals surface area contributed by atoms with Gasteiger partial charge in [0.2, 0.25) is 5.91 Å². The first-order valence-electron chi connectivity index (χ1n) is 9.48. The molecule has 1 atom stereocenters. The second-order valence-corrected chi connectivity index (χ2v) is 6.52. The molecule has 0 aliphatic heterocycles. The number of rotatable bonds is 9. The van der Waals surface area contributed by atoms with E-state index in [9.17, 15) is 9.59 Å². The molecule has 3 rings (SSSR count). The molecule has 3 aromatic heterocycles. The van der Waals surface area contributed by atoms with Crippen molar-refractivity contribution in [1.29, 1.82) is 0 Å². The third-order valence-electron chi connectivity index (χ3n) is 4.32. The van der Waals surface area contributed by atoms with E-state index in [2.05, 4.69) is 15.6 Å². The molecule has 0 saturated heterocycles. The number of nitrogens with one attached hydrogen (secondary N) is 1. The van der Waals surface area contributed by atoms with Crippen molar-refractivity contribution in [2.45, 2.75) is 33.2 Å². The quantitative estimate of drug-likeness (QED) is 0.549. The zero-order valence-electron chi connectivity index (χ0n) is 16.7. The minimum atomic E-state index is -0.797. The Morgan fingerprint density at radius 3 is 2.83 bits per heavy atom. The lowest BCUT2D eigenvalue weighted by atomic mass is 10.1. The van der Waals surface area contributed by atoms with Gasteiger partial charge < -0.3 is 19.0 Å². The van der Waals surface area contributed by atoms with Gasteiger partial charge in [-0.05, 0) is 39.3 Å². The number of aromatic nitrogens is 3. The van der Waals surface area contributed by atoms with Gasteiger partial charge in [-0.1, -0.05) is 5.16 Å². The minimum absolute atomic E-state index is 0.301. The van der Waals surface area contributed by atoms with Gasteiger partial charge in [-0.2, -0.15) is 5.10 Å². The largest absolute Gasteiger partial charge is 0.463 e. The van der Waals surface area contributed by atoms with Crippen LogP contribution >= 0.6 is 0 Å². The first kappa shape index (κ1) is 20.5. The Balaban J connectivity index is 1.89. The predicted molar refractivity (Wildman–Crippen MR) is 105 cm³/mol. The van der Waals surface area contributed by atoms with Crippen LogP contribution in [0.4, 0.5) is 0 Å². The van der Waals surface area contributed by atoms with Crippen LogP contribution in [0.15, 0.2) is 44.3 Å². The first-order chi connectivity index (χ1) is 14.0. The predicted octanol–water partition coefficient (Wildman–Crippen LogP) is 2.57. The van der Waals surface area contributed by atoms with Gasteiger partial charge in [0.25, 0.3) is 5.56 Å². The fourth-order valence-corrected chi connectivity index (χ4v) is 2.81. The van der Waals surface area contributed by atoms with E-state index in [0.29, 0.717) is 54.7 Å². The van der Waals surface area contributed by atoms with Gasteiger partial charge in [-0.3, -0.25) is 9.59 Å². The molecule has 0 aliphatic carbocycles. The summed E-state index contributed by atoms with van der Waals surface area (Å²) in [6, 6.07) is 5.73. The zero-order chi connectivity index (χ0) is 20.8. The average molecular weight is 400 g/mol. The molecule has 3 aromatic rings. The Hall–Kier alpha value is -3.20. The highest BCUT2D eigenvalue weighted by Crippen LogP contribution is 2.30. The molecule has 3 heterocycles. The molecule has 9 heteroatoms. The summed E-state index contributed by atoms with van der Waals surface area (Å²) in [5, 5.41) is 11.1. The van der Waals surface area contributed by atoms with Crippen LogP contribution in [-0.4, -0.2) is 40.6 Å². The normalized spacial score (nSPS) is 12.1. The SMILES string of the molecule is CCOCCCNC(=O)[C@@H](C)n1nc(-c2ccco2)c(-c2cc(C)no2)cc1=O. The standard InChI is InChI=1S/C20H24N4O5/c1-4-27-9-6-8-21-20(26)14(3)24-18(25)12-15(17-11-13(2)23-29-17)19(22-24)16-7-5-10-28-16/h5,7,10-12,14H,4,6,8-9H2,1-3H3,(H,21,26)/t14-/m1/s1. The Labute approximate surface area is 167 Å². The average Bonchev–Trinajstić information content (AvgIpc) is 3.39. The lowest BCUT2D eigenvalue weighted by Gasteiger charge is -2.16. The number of hydrogen-bond donors (Lipinski definition) is 1. The maximum absolute atomic E-state index is 12.7. The van der Waals surface area contributed by atoms with Crippen molar-refractivity contribution < 1.29 is 18.5 Å². The van der Waals surface area contributed by atoms with Crippen LogP contribution in [0, 0.1) is 6.92 Å². The van der Waals surface area contributed by atoms with Gasteiger partial charge in [0, 0.05) is 31.9 Å². The summed E-state index contributed by atoms with van der Waals surface area (Å²) in [7, 11) is 0. The lowest BCUT2D eigenvalue weighted by Crippen LogP contribution is -2.37. The molecule has 0 saturated carbocycles. The van der Waals surface area contributed by atoms with Crippen LogP contribution in [0.25, 0.3) is 22.8 Å². The molecule has 0 bridgehead atoms. The third-order valence-corrected chi connectivity index (χ3v) is 4.32. The van der Waals surface area contributed by atoms with Crippen molar-refractivity contribution in [2.75, 3.05) is 19.8 Å². The molecule has 0 aliphatic rings. The molecule has 29 heavy (non-hydrogen) atoms. The van der Waals surface area contributed by atoms with Crippen molar-refractivity contribution >= 4 is 5.91 Å². The number of carbonyl (C=O) groups is 1. The van der Waals surface area contributed by atoms with Crippen molar-refractivity contribution in [3.8, 4) is 22.8 Å². The molecule has 0 aromatic carbocycles. The summed E-state index contributed by atoms with van der Waals surface area (Å²) in [6.07, 6.45) is 2.20. The van der Waals surface area contributed by atoms with Crippen molar-refractivity contribution in [3.63, 3.8) is 0 Å². The summed E-state index contributed by atoms with van der Waals surface area (Å²) in [4.78, 5) is 25.2. The Bertz CT molecular complexity index is 1010. The summed E-state index contributed by atoms with van der Waals surface area (Å²) in [5.41, 5.74) is 1.09.